The molecule has 15 heteroatoms. The number of rotatable bonds is 9. The Morgan fingerprint density at radius 1 is 1.24 bits per heavy atom. The lowest BCUT2D eigenvalue weighted by Crippen LogP contribution is -2.47. The van der Waals surface area contributed by atoms with E-state index in [1.54, 1.807) is 12.3 Å². The van der Waals surface area contributed by atoms with Crippen LogP contribution in [0, 0.1) is 11.8 Å². The molecular weight excluding hydrogens is 611 g/mol. The van der Waals surface area contributed by atoms with E-state index in [1.807, 2.05) is 13.0 Å². The highest BCUT2D eigenvalue weighted by Gasteiger charge is 2.45. The molecule has 0 spiro atoms. The molecule has 6 rings (SSSR count). The molecule has 0 bridgehead atoms. The van der Waals surface area contributed by atoms with E-state index in [2.05, 4.69) is 20.6 Å². The fraction of sp³-hybridized carbons (Fsp3) is 0.581. The number of piperidine rings is 1. The number of halogens is 5. The van der Waals surface area contributed by atoms with Gasteiger partial charge in [0.1, 0.15) is 5.69 Å². The maximum absolute atomic E-state index is 14.1. The molecule has 46 heavy (non-hydrogen) atoms. The van der Waals surface area contributed by atoms with Crippen LogP contribution in [-0.2, 0) is 24.3 Å². The summed E-state index contributed by atoms with van der Waals surface area (Å²) >= 11 is 0. The van der Waals surface area contributed by atoms with E-state index < -0.39 is 54.8 Å². The molecule has 3 atom stereocenters. The standard InChI is InChI=1S/C31H37F5N8O2/c1-2-43-25(7-10-38-43)29(46)40-27(19-5-8-30(32,33)9-6-19)24-18-44-26(39-24)15-21(17-42-11-3-4-12-42)23(41-44)14-20-13-22(31(34,35)36)16-37-28(20)45/h5,7,10,15,18,20,22,27H,2-4,6,8-9,11-14,16-17H2,1H3,(H,37,45)(H,40,46)/t20-,22-,27+/m1/s1. The summed E-state index contributed by atoms with van der Waals surface area (Å²) in [5.74, 6) is -6.25. The molecule has 5 heterocycles. The predicted molar refractivity (Wildman–Crippen MR) is 157 cm³/mol. The van der Waals surface area contributed by atoms with Crippen LogP contribution in [0.5, 0.6) is 0 Å². The molecule has 1 aliphatic carbocycles. The number of hydrogen-bond acceptors (Lipinski definition) is 6. The van der Waals surface area contributed by atoms with E-state index in [0.29, 0.717) is 41.4 Å². The van der Waals surface area contributed by atoms with Gasteiger partial charge in [-0.15, -0.1) is 0 Å². The number of likely N-dealkylation sites (tertiary alicyclic amines) is 1. The third-order valence-electron chi connectivity index (χ3n) is 9.23. The van der Waals surface area contributed by atoms with Gasteiger partial charge in [0.25, 0.3) is 11.8 Å². The van der Waals surface area contributed by atoms with Crippen molar-refractivity contribution < 1.29 is 31.5 Å². The topological polar surface area (TPSA) is 109 Å². The number of carbonyl (C=O) groups is 2. The van der Waals surface area contributed by atoms with Crippen molar-refractivity contribution in [3.8, 4) is 0 Å². The number of amides is 2. The highest BCUT2D eigenvalue weighted by molar-refractivity contribution is 5.93. The first-order valence-electron chi connectivity index (χ1n) is 15.7. The summed E-state index contributed by atoms with van der Waals surface area (Å²) in [6.45, 7) is 4.10. The van der Waals surface area contributed by atoms with E-state index in [1.165, 1.54) is 21.5 Å². The van der Waals surface area contributed by atoms with Crippen molar-refractivity contribution in [1.29, 1.82) is 0 Å². The lowest BCUT2D eigenvalue weighted by Gasteiger charge is -2.30. The van der Waals surface area contributed by atoms with Crippen LogP contribution in [-0.4, -0.2) is 72.8 Å². The Kier molecular flexibility index (Phi) is 8.87. The van der Waals surface area contributed by atoms with Gasteiger partial charge in [-0.2, -0.15) is 23.4 Å². The molecule has 3 aromatic rings. The predicted octanol–water partition coefficient (Wildman–Crippen LogP) is 4.62. The molecule has 2 fully saturated rings. The van der Waals surface area contributed by atoms with Crippen molar-refractivity contribution in [1.82, 2.24) is 39.9 Å². The molecule has 2 aliphatic heterocycles. The molecule has 3 aliphatic rings. The zero-order chi connectivity index (χ0) is 32.6. The molecular formula is C31H37F5N8O2. The smallest absolute Gasteiger partial charge is 0.355 e. The van der Waals surface area contributed by atoms with Gasteiger partial charge in [-0.1, -0.05) is 6.08 Å². The Balaban J connectivity index is 1.36. The van der Waals surface area contributed by atoms with Gasteiger partial charge in [0.15, 0.2) is 5.65 Å². The highest BCUT2D eigenvalue weighted by Crippen LogP contribution is 2.38. The number of alkyl halides is 5. The zero-order valence-electron chi connectivity index (χ0n) is 25.5. The first-order valence-corrected chi connectivity index (χ1v) is 15.7. The van der Waals surface area contributed by atoms with Gasteiger partial charge in [-0.25, -0.2) is 18.3 Å². The van der Waals surface area contributed by atoms with Gasteiger partial charge in [-0.3, -0.25) is 19.2 Å². The molecule has 0 unspecified atom stereocenters. The second-order valence-corrected chi connectivity index (χ2v) is 12.5. The molecule has 0 radical (unpaired) electrons. The Morgan fingerprint density at radius 3 is 2.72 bits per heavy atom. The van der Waals surface area contributed by atoms with Gasteiger partial charge in [0.05, 0.1) is 29.5 Å². The first kappa shape index (κ1) is 32.1. The van der Waals surface area contributed by atoms with Crippen LogP contribution in [0.1, 0.15) is 78.9 Å². The largest absolute Gasteiger partial charge is 0.393 e. The summed E-state index contributed by atoms with van der Waals surface area (Å²) in [4.78, 5) is 33.1. The van der Waals surface area contributed by atoms with Gasteiger partial charge < -0.3 is 10.6 Å². The van der Waals surface area contributed by atoms with Gasteiger partial charge in [0.2, 0.25) is 5.91 Å². The summed E-state index contributed by atoms with van der Waals surface area (Å²) in [7, 11) is 0. The first-order chi connectivity index (χ1) is 21.9. The Morgan fingerprint density at radius 2 is 2.02 bits per heavy atom. The minimum atomic E-state index is -4.42. The number of nitrogens with zero attached hydrogens (tertiary/aromatic N) is 6. The van der Waals surface area contributed by atoms with E-state index in [9.17, 15) is 31.5 Å². The summed E-state index contributed by atoms with van der Waals surface area (Å²) in [5, 5.41) is 14.3. The Bertz CT molecular complexity index is 1620. The van der Waals surface area contributed by atoms with E-state index in [4.69, 9.17) is 10.1 Å². The Hall–Kier alpha value is -3.88. The maximum Gasteiger partial charge on any atom is 0.393 e. The van der Waals surface area contributed by atoms with Crippen LogP contribution in [0.3, 0.4) is 0 Å². The van der Waals surface area contributed by atoms with Gasteiger partial charge in [0, 0.05) is 51.0 Å². The monoisotopic (exact) mass is 648 g/mol. The third kappa shape index (κ3) is 6.93. The average Bonchev–Trinajstić information content (AvgIpc) is 3.78. The second kappa shape index (κ2) is 12.7. The number of fused-ring (bicyclic) bond motifs is 1. The number of aromatic nitrogens is 5. The number of hydrogen-bond donors (Lipinski definition) is 2. The molecule has 3 aromatic heterocycles. The Labute approximate surface area is 262 Å². The van der Waals surface area contributed by atoms with Crippen LogP contribution >= 0.6 is 0 Å². The molecule has 10 nitrogen and oxygen atoms in total. The van der Waals surface area contributed by atoms with Crippen LogP contribution < -0.4 is 10.6 Å². The molecule has 248 valence electrons. The fourth-order valence-electron chi connectivity index (χ4n) is 6.62. The number of allylic oxidation sites excluding steroid dienone is 1. The summed E-state index contributed by atoms with van der Waals surface area (Å²) in [6, 6.07) is 2.57. The molecule has 0 saturated carbocycles. The van der Waals surface area contributed by atoms with Crippen LogP contribution in [0.2, 0.25) is 0 Å². The van der Waals surface area contributed by atoms with Crippen LogP contribution in [0.4, 0.5) is 22.0 Å². The van der Waals surface area contributed by atoms with Gasteiger partial charge in [-0.05, 0) is 69.0 Å². The number of carbonyl (C=O) groups excluding carboxylic acids is 2. The van der Waals surface area contributed by atoms with E-state index in [0.717, 1.165) is 31.5 Å². The van der Waals surface area contributed by atoms with Crippen molar-refractivity contribution in [3.05, 3.63) is 58.8 Å². The molecule has 0 aromatic carbocycles. The number of nitrogens with one attached hydrogen (secondary N) is 2. The fourth-order valence-corrected chi connectivity index (χ4v) is 6.62. The quantitative estimate of drug-likeness (QED) is 0.259. The van der Waals surface area contributed by atoms with Crippen molar-refractivity contribution in [3.63, 3.8) is 0 Å². The molecule has 2 N–H and O–H groups in total. The van der Waals surface area contributed by atoms with Crippen molar-refractivity contribution in [2.24, 2.45) is 11.8 Å². The van der Waals surface area contributed by atoms with Crippen LogP contribution in [0.15, 0.2) is 36.2 Å². The summed E-state index contributed by atoms with van der Waals surface area (Å²) in [5.41, 5.74) is 2.99. The minimum absolute atomic E-state index is 0.0203. The lowest BCUT2D eigenvalue weighted by atomic mass is 9.85. The normalized spacial score (nSPS) is 22.9. The van der Waals surface area contributed by atoms with E-state index in [-0.39, 0.29) is 25.7 Å². The number of aryl methyl sites for hydroxylation is 1. The van der Waals surface area contributed by atoms with Gasteiger partial charge >= 0.3 is 6.18 Å². The van der Waals surface area contributed by atoms with Crippen molar-refractivity contribution in [2.75, 3.05) is 19.6 Å². The maximum atomic E-state index is 14.1. The van der Waals surface area contributed by atoms with Crippen molar-refractivity contribution in [2.45, 2.75) is 83.1 Å². The highest BCUT2D eigenvalue weighted by atomic mass is 19.4. The average molecular weight is 649 g/mol. The summed E-state index contributed by atoms with van der Waals surface area (Å²) < 4.78 is 71.9. The zero-order valence-corrected chi connectivity index (χ0v) is 25.5. The number of imidazole rings is 1. The van der Waals surface area contributed by atoms with E-state index >= 15 is 0 Å². The third-order valence-corrected chi connectivity index (χ3v) is 9.23. The minimum Gasteiger partial charge on any atom is -0.355 e. The lowest BCUT2D eigenvalue weighted by molar-refractivity contribution is -0.183. The van der Waals surface area contributed by atoms with Crippen molar-refractivity contribution >= 4 is 17.5 Å². The molecule has 2 saturated heterocycles. The SMILES string of the molecule is CCn1nccc1C(=O)N[C@@H](C1=CCC(F)(F)CC1)c1cn2nc(C[C@H]3C[C@@H](C(F)(F)F)CNC3=O)c(CN3CCCC3)cc2n1. The summed E-state index contributed by atoms with van der Waals surface area (Å²) in [6.07, 6.45) is 1.13. The molecule has 2 amide bonds. The second-order valence-electron chi connectivity index (χ2n) is 12.5. The van der Waals surface area contributed by atoms with Crippen LogP contribution in [0.25, 0.3) is 5.65 Å².